The summed E-state index contributed by atoms with van der Waals surface area (Å²) in [5.74, 6) is -1.05. The van der Waals surface area contributed by atoms with E-state index in [9.17, 15) is 5.11 Å². The van der Waals surface area contributed by atoms with Gasteiger partial charge < -0.3 is 14.6 Å². The zero-order chi connectivity index (χ0) is 9.03. The van der Waals surface area contributed by atoms with Gasteiger partial charge >= 0.3 is 0 Å². The highest BCUT2D eigenvalue weighted by Gasteiger charge is 2.17. The van der Waals surface area contributed by atoms with E-state index in [-0.39, 0.29) is 6.10 Å². The van der Waals surface area contributed by atoms with Gasteiger partial charge in [0.1, 0.15) is 0 Å². The van der Waals surface area contributed by atoms with E-state index in [0.29, 0.717) is 13.2 Å². The Hall–Kier alpha value is -0.380. The first-order chi connectivity index (χ1) is 5.58. The highest BCUT2D eigenvalue weighted by Crippen LogP contribution is 2.10. The third-order valence-corrected chi connectivity index (χ3v) is 1.62. The molecule has 3 heteroatoms. The van der Waals surface area contributed by atoms with E-state index in [1.54, 1.807) is 13.8 Å². The predicted octanol–water partition coefficient (Wildman–Crippen LogP) is 1.08. The van der Waals surface area contributed by atoms with Gasteiger partial charge in [-0.25, -0.2) is 0 Å². The van der Waals surface area contributed by atoms with Crippen LogP contribution in [0.15, 0.2) is 12.2 Å². The van der Waals surface area contributed by atoms with Crippen LogP contribution < -0.4 is 0 Å². The molecular formula is C9H16O3. The molecule has 0 fully saturated rings. The van der Waals surface area contributed by atoms with Crippen LogP contribution in [0.3, 0.4) is 0 Å². The molecule has 70 valence electrons. The van der Waals surface area contributed by atoms with Crippen molar-refractivity contribution in [3.8, 4) is 0 Å². The van der Waals surface area contributed by atoms with E-state index in [1.807, 2.05) is 6.08 Å². The summed E-state index contributed by atoms with van der Waals surface area (Å²) >= 11 is 0. The van der Waals surface area contributed by atoms with Crippen LogP contribution in [0.4, 0.5) is 0 Å². The Kier molecular flexibility index (Phi) is 3.26. The van der Waals surface area contributed by atoms with Crippen molar-refractivity contribution in [3.05, 3.63) is 12.2 Å². The minimum absolute atomic E-state index is 0.0985. The monoisotopic (exact) mass is 172 g/mol. The Balaban J connectivity index is 2.19. The van der Waals surface area contributed by atoms with Crippen molar-refractivity contribution < 1.29 is 14.6 Å². The molecule has 0 saturated heterocycles. The number of ether oxygens (including phenoxy) is 2. The van der Waals surface area contributed by atoms with Gasteiger partial charge in [-0.05, 0) is 20.3 Å². The Morgan fingerprint density at radius 3 is 2.83 bits per heavy atom. The molecule has 0 amide bonds. The fraction of sp³-hybridized carbons (Fsp3) is 0.778. The van der Waals surface area contributed by atoms with Crippen molar-refractivity contribution >= 4 is 0 Å². The second kappa shape index (κ2) is 4.03. The first-order valence-corrected chi connectivity index (χ1v) is 4.21. The molecule has 1 aliphatic heterocycles. The van der Waals surface area contributed by atoms with Crippen LogP contribution in [0, 0.1) is 0 Å². The topological polar surface area (TPSA) is 38.7 Å². The van der Waals surface area contributed by atoms with Crippen molar-refractivity contribution in [2.24, 2.45) is 0 Å². The summed E-state index contributed by atoms with van der Waals surface area (Å²) < 4.78 is 10.5. The lowest BCUT2D eigenvalue weighted by atomic mass is 10.2. The number of rotatable bonds is 3. The Morgan fingerprint density at radius 1 is 1.58 bits per heavy atom. The van der Waals surface area contributed by atoms with E-state index >= 15 is 0 Å². The zero-order valence-corrected chi connectivity index (χ0v) is 7.62. The lowest BCUT2D eigenvalue weighted by Gasteiger charge is -2.24. The van der Waals surface area contributed by atoms with Crippen LogP contribution in [0.1, 0.15) is 20.3 Å². The SMILES string of the molecule is CC(C)(O)OCC1CC=CCO1. The van der Waals surface area contributed by atoms with Crippen LogP contribution >= 0.6 is 0 Å². The first kappa shape index (κ1) is 9.71. The molecule has 1 rings (SSSR count). The summed E-state index contributed by atoms with van der Waals surface area (Å²) in [5.41, 5.74) is 0. The predicted molar refractivity (Wildman–Crippen MR) is 45.7 cm³/mol. The molecule has 0 radical (unpaired) electrons. The fourth-order valence-electron chi connectivity index (χ4n) is 0.989. The van der Waals surface area contributed by atoms with Gasteiger partial charge in [-0.1, -0.05) is 12.2 Å². The van der Waals surface area contributed by atoms with Crippen LogP contribution in [0.5, 0.6) is 0 Å². The minimum Gasteiger partial charge on any atom is -0.371 e. The van der Waals surface area contributed by atoms with Gasteiger partial charge in [-0.15, -0.1) is 0 Å². The summed E-state index contributed by atoms with van der Waals surface area (Å²) in [6.45, 7) is 4.34. The standard InChI is InChI=1S/C9H16O3/c1-9(2,10)12-7-8-5-3-4-6-11-8/h3-4,8,10H,5-7H2,1-2H3. The number of hydrogen-bond acceptors (Lipinski definition) is 3. The van der Waals surface area contributed by atoms with Gasteiger partial charge in [0, 0.05) is 0 Å². The maximum atomic E-state index is 9.25. The lowest BCUT2D eigenvalue weighted by Crippen LogP contribution is -2.30. The summed E-state index contributed by atoms with van der Waals surface area (Å²) in [6, 6.07) is 0. The van der Waals surface area contributed by atoms with E-state index < -0.39 is 5.79 Å². The maximum absolute atomic E-state index is 9.25. The number of hydrogen-bond donors (Lipinski definition) is 1. The molecule has 1 N–H and O–H groups in total. The molecule has 1 aliphatic rings. The van der Waals surface area contributed by atoms with Gasteiger partial charge in [0.2, 0.25) is 0 Å². The molecule has 0 aromatic carbocycles. The third kappa shape index (κ3) is 3.85. The van der Waals surface area contributed by atoms with E-state index in [4.69, 9.17) is 9.47 Å². The van der Waals surface area contributed by atoms with Crippen molar-refractivity contribution in [3.63, 3.8) is 0 Å². The van der Waals surface area contributed by atoms with Crippen molar-refractivity contribution in [1.82, 2.24) is 0 Å². The largest absolute Gasteiger partial charge is 0.371 e. The van der Waals surface area contributed by atoms with Crippen molar-refractivity contribution in [1.29, 1.82) is 0 Å². The van der Waals surface area contributed by atoms with Crippen molar-refractivity contribution in [2.45, 2.75) is 32.2 Å². The Bertz CT molecular complexity index is 158. The molecule has 3 nitrogen and oxygen atoms in total. The number of aliphatic hydroxyl groups is 1. The second-order valence-electron chi connectivity index (χ2n) is 3.42. The molecule has 0 saturated carbocycles. The quantitative estimate of drug-likeness (QED) is 0.511. The maximum Gasteiger partial charge on any atom is 0.159 e. The van der Waals surface area contributed by atoms with Gasteiger partial charge in [0.25, 0.3) is 0 Å². The molecule has 0 aromatic heterocycles. The zero-order valence-electron chi connectivity index (χ0n) is 7.62. The second-order valence-corrected chi connectivity index (χ2v) is 3.42. The molecule has 0 aromatic rings. The average Bonchev–Trinajstić information content (AvgIpc) is 2.02. The molecule has 0 bridgehead atoms. The molecular weight excluding hydrogens is 156 g/mol. The van der Waals surface area contributed by atoms with Crippen LogP contribution in [-0.4, -0.2) is 30.2 Å². The van der Waals surface area contributed by atoms with E-state index in [1.165, 1.54) is 0 Å². The normalized spacial score (nSPS) is 24.4. The third-order valence-electron chi connectivity index (χ3n) is 1.62. The summed E-state index contributed by atoms with van der Waals surface area (Å²) in [5, 5.41) is 9.25. The van der Waals surface area contributed by atoms with Gasteiger partial charge in [0.15, 0.2) is 5.79 Å². The van der Waals surface area contributed by atoms with Gasteiger partial charge in [0.05, 0.1) is 19.3 Å². The molecule has 1 heterocycles. The smallest absolute Gasteiger partial charge is 0.159 e. The van der Waals surface area contributed by atoms with Crippen LogP contribution in [0.2, 0.25) is 0 Å². The first-order valence-electron chi connectivity index (χ1n) is 4.21. The van der Waals surface area contributed by atoms with E-state index in [2.05, 4.69) is 6.08 Å². The molecule has 1 atom stereocenters. The molecule has 1 unspecified atom stereocenters. The Morgan fingerprint density at radius 2 is 2.33 bits per heavy atom. The highest BCUT2D eigenvalue weighted by atomic mass is 16.6. The van der Waals surface area contributed by atoms with Gasteiger partial charge in [-0.3, -0.25) is 0 Å². The summed E-state index contributed by atoms with van der Waals surface area (Å²) in [7, 11) is 0. The fourth-order valence-corrected chi connectivity index (χ4v) is 0.989. The Labute approximate surface area is 73.0 Å². The minimum atomic E-state index is -1.05. The molecule has 0 aliphatic carbocycles. The lowest BCUT2D eigenvalue weighted by molar-refractivity contribution is -0.194. The van der Waals surface area contributed by atoms with Crippen LogP contribution in [0.25, 0.3) is 0 Å². The van der Waals surface area contributed by atoms with E-state index in [0.717, 1.165) is 6.42 Å². The average molecular weight is 172 g/mol. The van der Waals surface area contributed by atoms with Gasteiger partial charge in [-0.2, -0.15) is 0 Å². The van der Waals surface area contributed by atoms with Crippen LogP contribution in [-0.2, 0) is 9.47 Å². The molecule has 0 spiro atoms. The summed E-state index contributed by atoms with van der Waals surface area (Å²) in [6.07, 6.45) is 5.03. The summed E-state index contributed by atoms with van der Waals surface area (Å²) in [4.78, 5) is 0. The van der Waals surface area contributed by atoms with Crippen molar-refractivity contribution in [2.75, 3.05) is 13.2 Å². The molecule has 12 heavy (non-hydrogen) atoms. The highest BCUT2D eigenvalue weighted by molar-refractivity contribution is 4.89.